The van der Waals surface area contributed by atoms with E-state index in [0.717, 1.165) is 34.5 Å². The number of aryl methyl sites for hydroxylation is 1. The summed E-state index contributed by atoms with van der Waals surface area (Å²) in [7, 11) is 0. The predicted octanol–water partition coefficient (Wildman–Crippen LogP) is 3.58. The Bertz CT molecular complexity index is 813. The van der Waals surface area contributed by atoms with E-state index in [1.807, 2.05) is 55.0 Å². The zero-order valence-corrected chi connectivity index (χ0v) is 13.8. The van der Waals surface area contributed by atoms with Gasteiger partial charge in [-0.2, -0.15) is 0 Å². The average Bonchev–Trinajstić information content (AvgIpc) is 3.01. The van der Waals surface area contributed by atoms with E-state index in [-0.39, 0.29) is 5.91 Å². The summed E-state index contributed by atoms with van der Waals surface area (Å²) in [4.78, 5) is 17.6. The zero-order chi connectivity index (χ0) is 16.1. The summed E-state index contributed by atoms with van der Waals surface area (Å²) in [5.74, 6) is -0.00885. The molecule has 1 amide bonds. The first-order valence-corrected chi connectivity index (χ1v) is 8.83. The molecule has 0 saturated heterocycles. The van der Waals surface area contributed by atoms with E-state index in [9.17, 15) is 4.79 Å². The smallest absolute Gasteiger partial charge is 0.252 e. The second kappa shape index (κ2) is 7.33. The van der Waals surface area contributed by atoms with E-state index in [0.29, 0.717) is 6.54 Å². The molecule has 118 valence electrons. The highest BCUT2D eigenvalue weighted by atomic mass is 32.2. The summed E-state index contributed by atoms with van der Waals surface area (Å²) in [5.41, 5.74) is 2.88. The van der Waals surface area contributed by atoms with Gasteiger partial charge in [0, 0.05) is 18.0 Å². The molecule has 0 saturated carbocycles. The van der Waals surface area contributed by atoms with Gasteiger partial charge in [-0.05, 0) is 36.9 Å². The number of nitrogens with one attached hydrogen (secondary N) is 1. The molecule has 1 N–H and O–H groups in total. The Morgan fingerprint density at radius 3 is 2.83 bits per heavy atom. The number of rotatable bonds is 6. The number of para-hydroxylation sites is 2. The number of carbonyl (C=O) groups excluding carboxylic acids is 1. The van der Waals surface area contributed by atoms with Crippen molar-refractivity contribution in [2.75, 3.05) is 12.8 Å². The molecule has 0 fully saturated rings. The summed E-state index contributed by atoms with van der Waals surface area (Å²) in [6.45, 7) is 1.49. The Balaban J connectivity index is 1.54. The van der Waals surface area contributed by atoms with Crippen LogP contribution < -0.4 is 5.32 Å². The largest absolute Gasteiger partial charge is 0.352 e. The third kappa shape index (κ3) is 3.56. The molecule has 1 heterocycles. The van der Waals surface area contributed by atoms with Crippen molar-refractivity contribution in [3.63, 3.8) is 0 Å². The average molecular weight is 325 g/mol. The monoisotopic (exact) mass is 325 g/mol. The van der Waals surface area contributed by atoms with Gasteiger partial charge in [0.1, 0.15) is 0 Å². The van der Waals surface area contributed by atoms with Gasteiger partial charge in [0.05, 0.1) is 22.9 Å². The van der Waals surface area contributed by atoms with Gasteiger partial charge in [-0.25, -0.2) is 4.98 Å². The lowest BCUT2D eigenvalue weighted by atomic mass is 10.2. The summed E-state index contributed by atoms with van der Waals surface area (Å²) in [6.07, 6.45) is 4.71. The zero-order valence-electron chi connectivity index (χ0n) is 13.0. The lowest BCUT2D eigenvalue weighted by molar-refractivity contribution is 0.0950. The van der Waals surface area contributed by atoms with Crippen LogP contribution in [0.1, 0.15) is 16.8 Å². The number of hydrogen-bond acceptors (Lipinski definition) is 3. The van der Waals surface area contributed by atoms with Crippen LogP contribution in [-0.4, -0.2) is 28.3 Å². The Labute approximate surface area is 139 Å². The van der Waals surface area contributed by atoms with Crippen LogP contribution in [0.2, 0.25) is 0 Å². The van der Waals surface area contributed by atoms with Crippen LogP contribution in [0.4, 0.5) is 0 Å². The molecule has 23 heavy (non-hydrogen) atoms. The van der Waals surface area contributed by atoms with Crippen LogP contribution in [0.15, 0.2) is 59.8 Å². The molecule has 0 radical (unpaired) electrons. The van der Waals surface area contributed by atoms with Crippen molar-refractivity contribution in [1.82, 2.24) is 14.9 Å². The number of fused-ring (bicyclic) bond motifs is 1. The van der Waals surface area contributed by atoms with Gasteiger partial charge in [-0.3, -0.25) is 4.79 Å². The highest BCUT2D eigenvalue weighted by molar-refractivity contribution is 7.98. The number of benzene rings is 2. The number of carbonyl (C=O) groups is 1. The number of imidazole rings is 1. The van der Waals surface area contributed by atoms with Crippen LogP contribution in [0.25, 0.3) is 11.0 Å². The summed E-state index contributed by atoms with van der Waals surface area (Å²) in [5, 5.41) is 3.00. The third-order valence-electron chi connectivity index (χ3n) is 3.74. The van der Waals surface area contributed by atoms with Gasteiger partial charge in [0.15, 0.2) is 0 Å². The molecule has 0 unspecified atom stereocenters. The normalized spacial score (nSPS) is 10.8. The molecule has 2 aromatic carbocycles. The van der Waals surface area contributed by atoms with E-state index in [4.69, 9.17) is 0 Å². The fraction of sp³-hybridized carbons (Fsp3) is 0.222. The predicted molar refractivity (Wildman–Crippen MR) is 94.9 cm³/mol. The maximum Gasteiger partial charge on any atom is 0.252 e. The highest BCUT2D eigenvalue weighted by Crippen LogP contribution is 2.19. The lowest BCUT2D eigenvalue weighted by Gasteiger charge is -2.09. The molecular formula is C18H19N3OS. The summed E-state index contributed by atoms with van der Waals surface area (Å²) < 4.78 is 2.12. The number of hydrogen-bond donors (Lipinski definition) is 1. The quantitative estimate of drug-likeness (QED) is 0.556. The Kier molecular flexibility index (Phi) is 4.98. The van der Waals surface area contributed by atoms with Crippen molar-refractivity contribution >= 4 is 28.7 Å². The Morgan fingerprint density at radius 1 is 1.17 bits per heavy atom. The van der Waals surface area contributed by atoms with Crippen molar-refractivity contribution in [3.8, 4) is 0 Å². The Hall–Kier alpha value is -2.27. The van der Waals surface area contributed by atoms with Crippen molar-refractivity contribution in [2.24, 2.45) is 0 Å². The van der Waals surface area contributed by atoms with Crippen LogP contribution in [0.5, 0.6) is 0 Å². The van der Waals surface area contributed by atoms with Gasteiger partial charge >= 0.3 is 0 Å². The van der Waals surface area contributed by atoms with Crippen LogP contribution in [-0.2, 0) is 6.54 Å². The van der Waals surface area contributed by atoms with Crippen molar-refractivity contribution in [3.05, 3.63) is 60.4 Å². The van der Waals surface area contributed by atoms with Gasteiger partial charge in [0.25, 0.3) is 5.91 Å². The maximum atomic E-state index is 12.3. The van der Waals surface area contributed by atoms with E-state index in [1.165, 1.54) is 0 Å². The second-order valence-corrected chi connectivity index (χ2v) is 6.08. The molecular weight excluding hydrogens is 306 g/mol. The lowest BCUT2D eigenvalue weighted by Crippen LogP contribution is -2.25. The molecule has 0 aliphatic heterocycles. The van der Waals surface area contributed by atoms with Gasteiger partial charge in [-0.1, -0.05) is 24.3 Å². The molecule has 4 nitrogen and oxygen atoms in total. The van der Waals surface area contributed by atoms with Gasteiger partial charge in [0.2, 0.25) is 0 Å². The second-order valence-electron chi connectivity index (χ2n) is 5.24. The van der Waals surface area contributed by atoms with Gasteiger partial charge in [-0.15, -0.1) is 11.8 Å². The molecule has 3 aromatic rings. The molecule has 0 aliphatic rings. The molecule has 0 bridgehead atoms. The SMILES string of the molecule is CSc1ccccc1C(=O)NCCCn1cnc2ccccc21. The van der Waals surface area contributed by atoms with Crippen LogP contribution in [0.3, 0.4) is 0 Å². The van der Waals surface area contributed by atoms with Crippen LogP contribution >= 0.6 is 11.8 Å². The molecule has 5 heteroatoms. The maximum absolute atomic E-state index is 12.3. The first kappa shape index (κ1) is 15.6. The summed E-state index contributed by atoms with van der Waals surface area (Å²) in [6, 6.07) is 15.8. The molecule has 0 aliphatic carbocycles. The highest BCUT2D eigenvalue weighted by Gasteiger charge is 2.09. The number of thioether (sulfide) groups is 1. The minimum atomic E-state index is -0.00885. The van der Waals surface area contributed by atoms with Gasteiger partial charge < -0.3 is 9.88 Å². The minimum absolute atomic E-state index is 0.00885. The van der Waals surface area contributed by atoms with Crippen molar-refractivity contribution in [1.29, 1.82) is 0 Å². The van der Waals surface area contributed by atoms with E-state index in [1.54, 1.807) is 11.8 Å². The molecule has 1 aromatic heterocycles. The standard InChI is InChI=1S/C18H19N3OS/c1-23-17-10-5-2-7-14(17)18(22)19-11-6-12-21-13-20-15-8-3-4-9-16(15)21/h2-5,7-10,13H,6,11-12H2,1H3,(H,19,22). The fourth-order valence-electron chi connectivity index (χ4n) is 2.57. The number of aromatic nitrogens is 2. The molecule has 0 spiro atoms. The van der Waals surface area contributed by atoms with E-state index >= 15 is 0 Å². The topological polar surface area (TPSA) is 46.9 Å². The molecule has 3 rings (SSSR count). The minimum Gasteiger partial charge on any atom is -0.352 e. The number of nitrogens with zero attached hydrogens (tertiary/aromatic N) is 2. The van der Waals surface area contributed by atoms with Crippen molar-refractivity contribution < 1.29 is 4.79 Å². The Morgan fingerprint density at radius 2 is 1.96 bits per heavy atom. The fourth-order valence-corrected chi connectivity index (χ4v) is 3.16. The number of amides is 1. The first-order chi connectivity index (χ1) is 11.3. The first-order valence-electron chi connectivity index (χ1n) is 7.60. The van der Waals surface area contributed by atoms with E-state index in [2.05, 4.69) is 20.9 Å². The summed E-state index contributed by atoms with van der Waals surface area (Å²) >= 11 is 1.59. The van der Waals surface area contributed by atoms with E-state index < -0.39 is 0 Å². The van der Waals surface area contributed by atoms with Crippen molar-refractivity contribution in [2.45, 2.75) is 17.9 Å². The molecule has 0 atom stereocenters. The van der Waals surface area contributed by atoms with Crippen LogP contribution in [0, 0.1) is 0 Å². The third-order valence-corrected chi connectivity index (χ3v) is 4.54.